The summed E-state index contributed by atoms with van der Waals surface area (Å²) in [6.45, 7) is 4.55. The van der Waals surface area contributed by atoms with E-state index in [-0.39, 0.29) is 0 Å². The summed E-state index contributed by atoms with van der Waals surface area (Å²) in [5.41, 5.74) is 2.80. The molecule has 118 valence electrons. The average molecular weight is 296 g/mol. The minimum absolute atomic E-state index is 0.348. The predicted octanol–water partition coefficient (Wildman–Crippen LogP) is 6.25. The van der Waals surface area contributed by atoms with Crippen LogP contribution >= 0.6 is 0 Å². The molecule has 0 amide bonds. The number of phenolic OH excluding ortho intramolecular Hbond substituents is 1. The van der Waals surface area contributed by atoms with Crippen molar-refractivity contribution in [1.82, 2.24) is 0 Å². The molecule has 0 aliphatic carbocycles. The van der Waals surface area contributed by atoms with Crippen LogP contribution in [0, 0.1) is 0 Å². The van der Waals surface area contributed by atoms with E-state index in [9.17, 15) is 5.11 Å². The summed E-state index contributed by atoms with van der Waals surface area (Å²) in [5, 5.41) is 9.40. The SMILES string of the molecule is CCCCC(CCC(C)c1ccc(O)cc1)c1ccccc1. The van der Waals surface area contributed by atoms with E-state index in [4.69, 9.17) is 0 Å². The van der Waals surface area contributed by atoms with Crippen molar-refractivity contribution in [3.8, 4) is 5.75 Å². The van der Waals surface area contributed by atoms with Gasteiger partial charge in [0.2, 0.25) is 0 Å². The second kappa shape index (κ2) is 8.63. The van der Waals surface area contributed by atoms with Gasteiger partial charge in [0.15, 0.2) is 0 Å². The summed E-state index contributed by atoms with van der Waals surface area (Å²) in [6, 6.07) is 18.6. The maximum absolute atomic E-state index is 9.40. The fraction of sp³-hybridized carbons (Fsp3) is 0.429. The van der Waals surface area contributed by atoms with E-state index in [2.05, 4.69) is 44.2 Å². The van der Waals surface area contributed by atoms with Crippen LogP contribution in [0.1, 0.15) is 68.9 Å². The van der Waals surface area contributed by atoms with E-state index in [0.29, 0.717) is 17.6 Å². The Labute approximate surface area is 135 Å². The minimum atomic E-state index is 0.348. The molecule has 2 aromatic rings. The third-order valence-electron chi connectivity index (χ3n) is 4.59. The standard InChI is InChI=1S/C21H28O/c1-3-4-8-20(19-9-6-5-7-10-19)12-11-17(2)18-13-15-21(22)16-14-18/h5-7,9-10,13-17,20,22H,3-4,8,11-12H2,1-2H3. The highest BCUT2D eigenvalue weighted by Crippen LogP contribution is 2.31. The summed E-state index contributed by atoms with van der Waals surface area (Å²) < 4.78 is 0. The van der Waals surface area contributed by atoms with Crippen molar-refractivity contribution in [2.75, 3.05) is 0 Å². The monoisotopic (exact) mass is 296 g/mol. The van der Waals surface area contributed by atoms with Crippen LogP contribution < -0.4 is 0 Å². The Morgan fingerprint density at radius 2 is 1.50 bits per heavy atom. The summed E-state index contributed by atoms with van der Waals surface area (Å²) in [5.74, 6) is 1.55. The van der Waals surface area contributed by atoms with Gasteiger partial charge in [-0.2, -0.15) is 0 Å². The van der Waals surface area contributed by atoms with Gasteiger partial charge in [0.25, 0.3) is 0 Å². The molecule has 0 spiro atoms. The van der Waals surface area contributed by atoms with Crippen LogP contribution in [-0.4, -0.2) is 5.11 Å². The third-order valence-corrected chi connectivity index (χ3v) is 4.59. The molecule has 1 nitrogen and oxygen atoms in total. The fourth-order valence-electron chi connectivity index (χ4n) is 3.07. The van der Waals surface area contributed by atoms with Gasteiger partial charge in [0.05, 0.1) is 0 Å². The maximum Gasteiger partial charge on any atom is 0.115 e. The summed E-state index contributed by atoms with van der Waals surface area (Å²) in [6.07, 6.45) is 6.26. The molecule has 0 aliphatic heterocycles. The first-order chi connectivity index (χ1) is 10.7. The number of aromatic hydroxyl groups is 1. The lowest BCUT2D eigenvalue weighted by Crippen LogP contribution is -2.02. The third kappa shape index (κ3) is 4.91. The van der Waals surface area contributed by atoms with Gasteiger partial charge in [-0.1, -0.05) is 69.2 Å². The molecule has 0 aliphatic rings. The Bertz CT molecular complexity index is 530. The Morgan fingerprint density at radius 3 is 2.14 bits per heavy atom. The van der Waals surface area contributed by atoms with Crippen molar-refractivity contribution < 1.29 is 5.11 Å². The van der Waals surface area contributed by atoms with Crippen LogP contribution in [0.25, 0.3) is 0 Å². The Kier molecular flexibility index (Phi) is 6.51. The van der Waals surface area contributed by atoms with Crippen LogP contribution in [-0.2, 0) is 0 Å². The quantitative estimate of drug-likeness (QED) is 0.610. The van der Waals surface area contributed by atoms with Gasteiger partial charge >= 0.3 is 0 Å². The van der Waals surface area contributed by atoms with E-state index in [1.54, 1.807) is 12.1 Å². The number of unbranched alkanes of at least 4 members (excludes halogenated alkanes) is 1. The van der Waals surface area contributed by atoms with Gasteiger partial charge < -0.3 is 5.11 Å². The first-order valence-electron chi connectivity index (χ1n) is 8.54. The summed E-state index contributed by atoms with van der Waals surface area (Å²) in [4.78, 5) is 0. The van der Waals surface area contributed by atoms with Gasteiger partial charge in [-0.25, -0.2) is 0 Å². The maximum atomic E-state index is 9.40. The zero-order valence-corrected chi connectivity index (χ0v) is 13.8. The largest absolute Gasteiger partial charge is 0.508 e. The molecule has 1 heteroatoms. The summed E-state index contributed by atoms with van der Waals surface area (Å²) in [7, 11) is 0. The van der Waals surface area contributed by atoms with E-state index in [0.717, 1.165) is 0 Å². The van der Waals surface area contributed by atoms with Crippen molar-refractivity contribution in [3.05, 3.63) is 65.7 Å². The van der Waals surface area contributed by atoms with Gasteiger partial charge in [0, 0.05) is 0 Å². The average Bonchev–Trinajstić information content (AvgIpc) is 2.56. The molecule has 0 saturated carbocycles. The lowest BCUT2D eigenvalue weighted by Gasteiger charge is -2.20. The summed E-state index contributed by atoms with van der Waals surface area (Å²) >= 11 is 0. The number of rotatable bonds is 8. The molecule has 2 unspecified atom stereocenters. The van der Waals surface area contributed by atoms with Crippen molar-refractivity contribution in [3.63, 3.8) is 0 Å². The minimum Gasteiger partial charge on any atom is -0.508 e. The highest BCUT2D eigenvalue weighted by Gasteiger charge is 2.14. The number of benzene rings is 2. The molecule has 0 bridgehead atoms. The van der Waals surface area contributed by atoms with Crippen LogP contribution in [0.15, 0.2) is 54.6 Å². The molecule has 0 fully saturated rings. The van der Waals surface area contributed by atoms with E-state index >= 15 is 0 Å². The van der Waals surface area contributed by atoms with Crippen LogP contribution in [0.5, 0.6) is 5.75 Å². The van der Waals surface area contributed by atoms with Crippen molar-refractivity contribution in [2.24, 2.45) is 0 Å². The zero-order chi connectivity index (χ0) is 15.8. The van der Waals surface area contributed by atoms with Crippen LogP contribution in [0.3, 0.4) is 0 Å². The van der Waals surface area contributed by atoms with Crippen LogP contribution in [0.2, 0.25) is 0 Å². The fourth-order valence-corrected chi connectivity index (χ4v) is 3.07. The van der Waals surface area contributed by atoms with Crippen molar-refractivity contribution in [1.29, 1.82) is 0 Å². The molecular formula is C21H28O. The predicted molar refractivity (Wildman–Crippen MR) is 94.5 cm³/mol. The molecule has 1 N–H and O–H groups in total. The second-order valence-electron chi connectivity index (χ2n) is 6.32. The van der Waals surface area contributed by atoms with Crippen molar-refractivity contribution >= 4 is 0 Å². The smallest absolute Gasteiger partial charge is 0.115 e. The molecule has 0 saturated heterocycles. The highest BCUT2D eigenvalue weighted by molar-refractivity contribution is 5.28. The van der Waals surface area contributed by atoms with Gasteiger partial charge in [-0.3, -0.25) is 0 Å². The number of hydrogen-bond donors (Lipinski definition) is 1. The molecule has 0 radical (unpaired) electrons. The lowest BCUT2D eigenvalue weighted by atomic mass is 9.85. The Morgan fingerprint density at radius 1 is 0.818 bits per heavy atom. The van der Waals surface area contributed by atoms with E-state index in [1.165, 1.54) is 43.2 Å². The van der Waals surface area contributed by atoms with Gasteiger partial charge in [-0.05, 0) is 54.4 Å². The lowest BCUT2D eigenvalue weighted by molar-refractivity contribution is 0.474. The zero-order valence-electron chi connectivity index (χ0n) is 13.8. The normalized spacial score (nSPS) is 13.7. The molecule has 2 rings (SSSR count). The van der Waals surface area contributed by atoms with E-state index < -0.39 is 0 Å². The molecule has 0 aromatic heterocycles. The molecule has 2 aromatic carbocycles. The Balaban J connectivity index is 1.97. The van der Waals surface area contributed by atoms with Crippen LogP contribution in [0.4, 0.5) is 0 Å². The highest BCUT2D eigenvalue weighted by atomic mass is 16.3. The topological polar surface area (TPSA) is 20.2 Å². The number of phenols is 1. The Hall–Kier alpha value is -1.76. The van der Waals surface area contributed by atoms with Gasteiger partial charge in [0.1, 0.15) is 5.75 Å². The molecule has 2 atom stereocenters. The first kappa shape index (κ1) is 16.6. The first-order valence-corrected chi connectivity index (χ1v) is 8.54. The van der Waals surface area contributed by atoms with E-state index in [1.807, 2.05) is 12.1 Å². The number of hydrogen-bond acceptors (Lipinski definition) is 1. The van der Waals surface area contributed by atoms with Crippen molar-refractivity contribution in [2.45, 2.75) is 57.8 Å². The van der Waals surface area contributed by atoms with Gasteiger partial charge in [-0.15, -0.1) is 0 Å². The molecule has 0 heterocycles. The molecular weight excluding hydrogens is 268 g/mol. The molecule has 22 heavy (non-hydrogen) atoms. The second-order valence-corrected chi connectivity index (χ2v) is 6.32.